The second-order valence-corrected chi connectivity index (χ2v) is 7.39. The van der Waals surface area contributed by atoms with Gasteiger partial charge in [-0.3, -0.25) is 14.9 Å². The van der Waals surface area contributed by atoms with Crippen molar-refractivity contribution in [2.75, 3.05) is 23.8 Å². The Hall–Kier alpha value is -3.01. The average Bonchev–Trinajstić information content (AvgIpc) is 3.10. The van der Waals surface area contributed by atoms with Crippen LogP contribution in [0.25, 0.3) is 0 Å². The van der Waals surface area contributed by atoms with E-state index in [1.165, 1.54) is 29.5 Å². The molecule has 0 aliphatic carbocycles. The Morgan fingerprint density at radius 3 is 2.75 bits per heavy atom. The number of non-ortho nitro benzene ring substituents is 1. The molecule has 150 valence electrons. The van der Waals surface area contributed by atoms with Crippen LogP contribution in [0, 0.1) is 23.0 Å². The predicted octanol–water partition coefficient (Wildman–Crippen LogP) is 3.61. The Bertz CT molecular complexity index is 865. The number of carbonyl (C=O) groups excluding carboxylic acids is 2. The number of ether oxygens (including phenoxy) is 1. The zero-order chi connectivity index (χ0) is 20.7. The summed E-state index contributed by atoms with van der Waals surface area (Å²) in [7, 11) is 0. The van der Waals surface area contributed by atoms with E-state index in [1.54, 1.807) is 12.3 Å². The van der Waals surface area contributed by atoms with Crippen LogP contribution >= 0.6 is 11.3 Å². The average molecular weight is 406 g/mol. The van der Waals surface area contributed by atoms with Crippen LogP contribution in [0.4, 0.5) is 16.5 Å². The van der Waals surface area contributed by atoms with Crippen molar-refractivity contribution in [3.05, 3.63) is 45.0 Å². The number of amides is 1. The maximum atomic E-state index is 12.0. The molecule has 0 saturated carbocycles. The number of nitro groups is 1. The van der Waals surface area contributed by atoms with Gasteiger partial charge in [0.1, 0.15) is 0 Å². The fourth-order valence-corrected chi connectivity index (χ4v) is 2.92. The lowest BCUT2D eigenvalue weighted by Crippen LogP contribution is -2.21. The molecule has 28 heavy (non-hydrogen) atoms. The topological polar surface area (TPSA) is 123 Å². The van der Waals surface area contributed by atoms with Gasteiger partial charge in [-0.25, -0.2) is 9.78 Å². The molecular weight excluding hydrogens is 384 g/mol. The lowest BCUT2D eigenvalue weighted by Gasteiger charge is -2.08. The van der Waals surface area contributed by atoms with Crippen LogP contribution < -0.4 is 10.6 Å². The number of esters is 1. The van der Waals surface area contributed by atoms with Crippen molar-refractivity contribution in [2.24, 2.45) is 5.92 Å². The fourth-order valence-electron chi connectivity index (χ4n) is 2.21. The predicted molar refractivity (Wildman–Crippen MR) is 107 cm³/mol. The van der Waals surface area contributed by atoms with E-state index in [1.807, 2.05) is 0 Å². The minimum absolute atomic E-state index is 0.0664. The summed E-state index contributed by atoms with van der Waals surface area (Å²) in [4.78, 5) is 38.4. The first kappa shape index (κ1) is 21.3. The first-order valence-corrected chi connectivity index (χ1v) is 9.55. The summed E-state index contributed by atoms with van der Waals surface area (Å²) in [6.07, 6.45) is 0.988. The lowest BCUT2D eigenvalue weighted by atomic mass is 10.1. The third-order valence-electron chi connectivity index (χ3n) is 3.74. The molecule has 1 amide bonds. The monoisotopic (exact) mass is 406 g/mol. The number of hydrogen-bond donors (Lipinski definition) is 2. The van der Waals surface area contributed by atoms with Gasteiger partial charge in [-0.2, -0.15) is 0 Å². The van der Waals surface area contributed by atoms with E-state index in [4.69, 9.17) is 4.74 Å². The van der Waals surface area contributed by atoms with Gasteiger partial charge in [0.2, 0.25) is 0 Å². The van der Waals surface area contributed by atoms with E-state index >= 15 is 0 Å². The van der Waals surface area contributed by atoms with E-state index in [0.29, 0.717) is 22.3 Å². The first-order chi connectivity index (χ1) is 13.3. The molecule has 1 heterocycles. The number of nitro benzene ring substituents is 1. The van der Waals surface area contributed by atoms with E-state index in [0.717, 1.165) is 13.0 Å². The van der Waals surface area contributed by atoms with Gasteiger partial charge in [0.05, 0.1) is 4.92 Å². The molecule has 0 radical (unpaired) electrons. The van der Waals surface area contributed by atoms with Crippen molar-refractivity contribution >= 4 is 39.7 Å². The van der Waals surface area contributed by atoms with Crippen molar-refractivity contribution in [1.82, 2.24) is 4.98 Å². The summed E-state index contributed by atoms with van der Waals surface area (Å²) in [5.41, 5.74) is 1.02. The number of nitrogens with one attached hydrogen (secondary N) is 2. The first-order valence-electron chi connectivity index (χ1n) is 8.67. The second kappa shape index (κ2) is 9.79. The van der Waals surface area contributed by atoms with E-state index in [9.17, 15) is 19.7 Å². The summed E-state index contributed by atoms with van der Waals surface area (Å²) in [5.74, 6) is -0.672. The van der Waals surface area contributed by atoms with Crippen molar-refractivity contribution in [3.8, 4) is 0 Å². The summed E-state index contributed by atoms with van der Waals surface area (Å²) in [6, 6.07) is 4.07. The molecule has 2 N–H and O–H groups in total. The van der Waals surface area contributed by atoms with Crippen LogP contribution in [0.5, 0.6) is 0 Å². The molecule has 1 aromatic heterocycles. The molecule has 1 aromatic carbocycles. The molecule has 0 spiro atoms. The van der Waals surface area contributed by atoms with Gasteiger partial charge >= 0.3 is 5.97 Å². The summed E-state index contributed by atoms with van der Waals surface area (Å²) < 4.78 is 4.98. The summed E-state index contributed by atoms with van der Waals surface area (Å²) in [5, 5.41) is 18.6. The second-order valence-electron chi connectivity index (χ2n) is 6.53. The van der Waals surface area contributed by atoms with Gasteiger partial charge in [-0.05, 0) is 30.9 Å². The van der Waals surface area contributed by atoms with E-state index in [-0.39, 0.29) is 11.4 Å². The summed E-state index contributed by atoms with van der Waals surface area (Å²) >= 11 is 1.29. The number of rotatable bonds is 9. The molecule has 0 atom stereocenters. The third kappa shape index (κ3) is 6.31. The Labute approximate surface area is 166 Å². The number of anilines is 2. The number of carbonyl (C=O) groups is 2. The molecule has 0 aliphatic heterocycles. The van der Waals surface area contributed by atoms with Gasteiger partial charge in [0, 0.05) is 29.7 Å². The van der Waals surface area contributed by atoms with Crippen molar-refractivity contribution in [3.63, 3.8) is 0 Å². The third-order valence-corrected chi connectivity index (χ3v) is 4.54. The van der Waals surface area contributed by atoms with Crippen LogP contribution in [0.15, 0.2) is 23.6 Å². The van der Waals surface area contributed by atoms with Crippen LogP contribution in [-0.4, -0.2) is 34.9 Å². The molecular formula is C18H22N4O5S. The van der Waals surface area contributed by atoms with Gasteiger partial charge < -0.3 is 15.4 Å². The van der Waals surface area contributed by atoms with Gasteiger partial charge in [0.15, 0.2) is 17.4 Å². The number of thiazole rings is 1. The molecule has 9 nitrogen and oxygen atoms in total. The molecule has 0 unspecified atom stereocenters. The standard InChI is InChI=1S/C18H22N4O5S/c1-11(2)6-7-19-18-21-15(10-28-18)17(24)27-9-16(23)20-14-5-4-13(22(25)26)8-12(14)3/h4-5,8,10-11H,6-7,9H2,1-3H3,(H,19,21)(H,20,23). The van der Waals surface area contributed by atoms with Crippen molar-refractivity contribution in [2.45, 2.75) is 27.2 Å². The van der Waals surface area contributed by atoms with Gasteiger partial charge in [-0.15, -0.1) is 11.3 Å². The number of aromatic nitrogens is 1. The van der Waals surface area contributed by atoms with Crippen LogP contribution in [0.3, 0.4) is 0 Å². The number of benzene rings is 1. The largest absolute Gasteiger partial charge is 0.451 e. The van der Waals surface area contributed by atoms with Crippen molar-refractivity contribution < 1.29 is 19.2 Å². The maximum Gasteiger partial charge on any atom is 0.358 e. The minimum Gasteiger partial charge on any atom is -0.451 e. The Kier molecular flexibility index (Phi) is 7.44. The molecule has 0 aliphatic rings. The smallest absolute Gasteiger partial charge is 0.358 e. The Morgan fingerprint density at radius 1 is 1.36 bits per heavy atom. The highest BCUT2D eigenvalue weighted by atomic mass is 32.1. The molecule has 2 rings (SSSR count). The highest BCUT2D eigenvalue weighted by Gasteiger charge is 2.15. The normalized spacial score (nSPS) is 10.6. The molecule has 10 heteroatoms. The van der Waals surface area contributed by atoms with Gasteiger partial charge in [0.25, 0.3) is 11.6 Å². The van der Waals surface area contributed by atoms with E-state index in [2.05, 4.69) is 29.5 Å². The Balaban J connectivity index is 1.83. The zero-order valence-electron chi connectivity index (χ0n) is 15.9. The quantitative estimate of drug-likeness (QED) is 0.370. The zero-order valence-corrected chi connectivity index (χ0v) is 16.7. The minimum atomic E-state index is -0.691. The number of aryl methyl sites for hydroxylation is 1. The molecule has 0 fully saturated rings. The van der Waals surface area contributed by atoms with Crippen LogP contribution in [0.1, 0.15) is 36.3 Å². The maximum absolute atomic E-state index is 12.0. The number of nitrogens with zero attached hydrogens (tertiary/aromatic N) is 2. The van der Waals surface area contributed by atoms with Crippen LogP contribution in [0.2, 0.25) is 0 Å². The highest BCUT2D eigenvalue weighted by Crippen LogP contribution is 2.21. The van der Waals surface area contributed by atoms with Crippen LogP contribution in [-0.2, 0) is 9.53 Å². The van der Waals surface area contributed by atoms with Crippen molar-refractivity contribution in [1.29, 1.82) is 0 Å². The molecule has 0 saturated heterocycles. The highest BCUT2D eigenvalue weighted by molar-refractivity contribution is 7.13. The Morgan fingerprint density at radius 2 is 2.11 bits per heavy atom. The summed E-state index contributed by atoms with van der Waals surface area (Å²) in [6.45, 7) is 6.16. The SMILES string of the molecule is Cc1cc([N+](=O)[O-])ccc1NC(=O)COC(=O)c1csc(NCCC(C)C)n1. The number of hydrogen-bond acceptors (Lipinski definition) is 8. The molecule has 0 bridgehead atoms. The fraction of sp³-hybridized carbons (Fsp3) is 0.389. The van der Waals surface area contributed by atoms with Gasteiger partial charge in [-0.1, -0.05) is 13.8 Å². The van der Waals surface area contributed by atoms with E-state index < -0.39 is 23.4 Å². The molecule has 2 aromatic rings. The lowest BCUT2D eigenvalue weighted by molar-refractivity contribution is -0.384.